The Morgan fingerprint density at radius 1 is 1.22 bits per heavy atom. The van der Waals surface area contributed by atoms with E-state index in [1.165, 1.54) is 6.92 Å². The third-order valence-electron chi connectivity index (χ3n) is 3.12. The third kappa shape index (κ3) is 3.73. The van der Waals surface area contributed by atoms with E-state index < -0.39 is 30.3 Å². The summed E-state index contributed by atoms with van der Waals surface area (Å²) in [5.74, 6) is -3.31. The number of carbonyl (C=O) groups excluding carboxylic acids is 1. The number of aliphatic carboxylic acids is 2. The standard InChI is InChI=1S/C15H14N2O6/c1-8-12(13(17-23-8)9-5-3-2-4-6-9)14(20)16-10(15(21)22)7-11(18)19/h2-6,10H,7H2,1H3,(H,16,20)(H,18,19)(H,21,22). The first-order chi connectivity index (χ1) is 10.9. The van der Waals surface area contributed by atoms with Gasteiger partial charge in [0.1, 0.15) is 23.1 Å². The average Bonchev–Trinajstić information content (AvgIpc) is 2.88. The molecule has 0 aliphatic heterocycles. The van der Waals surface area contributed by atoms with Crippen LogP contribution in [-0.2, 0) is 9.59 Å². The lowest BCUT2D eigenvalue weighted by Crippen LogP contribution is -2.42. The van der Waals surface area contributed by atoms with Crippen molar-refractivity contribution < 1.29 is 29.1 Å². The lowest BCUT2D eigenvalue weighted by molar-refractivity contribution is -0.145. The van der Waals surface area contributed by atoms with Crippen molar-refractivity contribution in [3.8, 4) is 11.3 Å². The van der Waals surface area contributed by atoms with Crippen molar-refractivity contribution in [2.75, 3.05) is 0 Å². The molecule has 1 aromatic heterocycles. The second-order valence-corrected chi connectivity index (χ2v) is 4.79. The normalized spacial score (nSPS) is 11.7. The Bertz CT molecular complexity index is 738. The first kappa shape index (κ1) is 16.2. The molecule has 0 radical (unpaired) electrons. The SMILES string of the molecule is Cc1onc(-c2ccccc2)c1C(=O)NC(CC(=O)O)C(=O)O. The smallest absolute Gasteiger partial charge is 0.326 e. The van der Waals surface area contributed by atoms with Crippen LogP contribution in [0.3, 0.4) is 0 Å². The van der Waals surface area contributed by atoms with Gasteiger partial charge in [0.2, 0.25) is 0 Å². The van der Waals surface area contributed by atoms with E-state index in [1.54, 1.807) is 30.3 Å². The van der Waals surface area contributed by atoms with Gasteiger partial charge in [-0.05, 0) is 6.92 Å². The fourth-order valence-corrected chi connectivity index (χ4v) is 2.04. The summed E-state index contributed by atoms with van der Waals surface area (Å²) in [5.41, 5.74) is 0.965. The van der Waals surface area contributed by atoms with E-state index in [1.807, 2.05) is 0 Å². The van der Waals surface area contributed by atoms with Crippen LogP contribution in [0.1, 0.15) is 22.5 Å². The summed E-state index contributed by atoms with van der Waals surface area (Å²) in [6, 6.07) is 7.21. The van der Waals surface area contributed by atoms with Gasteiger partial charge in [0.25, 0.3) is 5.91 Å². The quantitative estimate of drug-likeness (QED) is 0.732. The number of rotatable bonds is 6. The molecule has 0 spiro atoms. The van der Waals surface area contributed by atoms with Crippen LogP contribution in [0.25, 0.3) is 11.3 Å². The van der Waals surface area contributed by atoms with Gasteiger partial charge in [-0.2, -0.15) is 0 Å². The second-order valence-electron chi connectivity index (χ2n) is 4.79. The molecule has 0 bridgehead atoms. The molecule has 0 aliphatic carbocycles. The highest BCUT2D eigenvalue weighted by atomic mass is 16.5. The molecule has 0 saturated heterocycles. The lowest BCUT2D eigenvalue weighted by atomic mass is 10.1. The number of nitrogens with one attached hydrogen (secondary N) is 1. The van der Waals surface area contributed by atoms with Gasteiger partial charge < -0.3 is 20.1 Å². The number of carbonyl (C=O) groups is 3. The zero-order valence-corrected chi connectivity index (χ0v) is 12.1. The molecule has 2 rings (SSSR count). The molecule has 1 heterocycles. The summed E-state index contributed by atoms with van der Waals surface area (Å²) in [6.07, 6.45) is -0.730. The summed E-state index contributed by atoms with van der Waals surface area (Å²) >= 11 is 0. The Labute approximate surface area is 130 Å². The van der Waals surface area contributed by atoms with Crippen LogP contribution in [0.15, 0.2) is 34.9 Å². The largest absolute Gasteiger partial charge is 0.481 e. The summed E-state index contributed by atoms with van der Waals surface area (Å²) in [4.78, 5) is 34.1. The minimum Gasteiger partial charge on any atom is -0.481 e. The topological polar surface area (TPSA) is 130 Å². The number of nitrogens with zero attached hydrogens (tertiary/aromatic N) is 1. The Kier molecular flexibility index (Phi) is 4.75. The molecule has 1 aromatic carbocycles. The highest BCUT2D eigenvalue weighted by Crippen LogP contribution is 2.25. The van der Waals surface area contributed by atoms with Crippen molar-refractivity contribution in [2.45, 2.75) is 19.4 Å². The maximum Gasteiger partial charge on any atom is 0.326 e. The van der Waals surface area contributed by atoms with Gasteiger partial charge in [0.15, 0.2) is 0 Å². The van der Waals surface area contributed by atoms with E-state index in [9.17, 15) is 14.4 Å². The van der Waals surface area contributed by atoms with Crippen LogP contribution in [0.4, 0.5) is 0 Å². The number of hydrogen-bond donors (Lipinski definition) is 3. The molecule has 0 aliphatic rings. The van der Waals surface area contributed by atoms with Gasteiger partial charge in [-0.25, -0.2) is 4.79 Å². The molecule has 23 heavy (non-hydrogen) atoms. The van der Waals surface area contributed by atoms with E-state index >= 15 is 0 Å². The highest BCUT2D eigenvalue weighted by molar-refractivity contribution is 6.02. The van der Waals surface area contributed by atoms with Crippen molar-refractivity contribution in [3.63, 3.8) is 0 Å². The Hall–Kier alpha value is -3.16. The summed E-state index contributed by atoms with van der Waals surface area (Å²) in [5, 5.41) is 23.7. The van der Waals surface area contributed by atoms with Crippen molar-refractivity contribution in [2.24, 2.45) is 0 Å². The number of benzene rings is 1. The van der Waals surface area contributed by atoms with E-state index in [0.717, 1.165) is 0 Å². The minimum atomic E-state index is -1.54. The van der Waals surface area contributed by atoms with E-state index in [4.69, 9.17) is 14.7 Å². The van der Waals surface area contributed by atoms with E-state index in [0.29, 0.717) is 5.56 Å². The Morgan fingerprint density at radius 2 is 1.87 bits per heavy atom. The molecule has 0 fully saturated rings. The molecular weight excluding hydrogens is 304 g/mol. The first-order valence-electron chi connectivity index (χ1n) is 6.67. The number of carboxylic acid groups (broad SMARTS) is 2. The fourth-order valence-electron chi connectivity index (χ4n) is 2.04. The number of aromatic nitrogens is 1. The number of carboxylic acids is 2. The van der Waals surface area contributed by atoms with Gasteiger partial charge >= 0.3 is 11.9 Å². The second kappa shape index (κ2) is 6.73. The van der Waals surface area contributed by atoms with E-state index in [-0.39, 0.29) is 17.0 Å². The fraction of sp³-hybridized carbons (Fsp3) is 0.200. The van der Waals surface area contributed by atoms with Gasteiger partial charge in [0.05, 0.1) is 6.42 Å². The number of amides is 1. The van der Waals surface area contributed by atoms with Crippen LogP contribution >= 0.6 is 0 Å². The zero-order valence-electron chi connectivity index (χ0n) is 12.1. The molecule has 8 heteroatoms. The maximum atomic E-state index is 12.3. The van der Waals surface area contributed by atoms with Crippen LogP contribution in [0.2, 0.25) is 0 Å². The van der Waals surface area contributed by atoms with Crippen LogP contribution < -0.4 is 5.32 Å². The molecule has 120 valence electrons. The Balaban J connectivity index is 2.31. The molecule has 1 unspecified atom stereocenters. The third-order valence-corrected chi connectivity index (χ3v) is 3.12. The van der Waals surface area contributed by atoms with Gasteiger partial charge in [-0.15, -0.1) is 0 Å². The molecule has 0 saturated carbocycles. The molecule has 8 nitrogen and oxygen atoms in total. The number of aryl methyl sites for hydroxylation is 1. The van der Waals surface area contributed by atoms with Crippen molar-refractivity contribution in [1.82, 2.24) is 10.5 Å². The van der Waals surface area contributed by atoms with Crippen LogP contribution in [-0.4, -0.2) is 39.3 Å². The number of hydrogen-bond acceptors (Lipinski definition) is 5. The van der Waals surface area contributed by atoms with E-state index in [2.05, 4.69) is 10.5 Å². The molecule has 1 atom stereocenters. The Morgan fingerprint density at radius 3 is 2.43 bits per heavy atom. The van der Waals surface area contributed by atoms with Gasteiger partial charge in [0, 0.05) is 5.56 Å². The van der Waals surface area contributed by atoms with Crippen molar-refractivity contribution in [1.29, 1.82) is 0 Å². The van der Waals surface area contributed by atoms with Gasteiger partial charge in [-0.3, -0.25) is 9.59 Å². The monoisotopic (exact) mass is 318 g/mol. The molecule has 1 amide bonds. The summed E-state index contributed by atoms with van der Waals surface area (Å²) < 4.78 is 5.02. The molecule has 2 aromatic rings. The maximum absolute atomic E-state index is 12.3. The van der Waals surface area contributed by atoms with Crippen LogP contribution in [0.5, 0.6) is 0 Å². The summed E-state index contributed by atoms with van der Waals surface area (Å²) in [6.45, 7) is 1.52. The first-order valence-corrected chi connectivity index (χ1v) is 6.67. The minimum absolute atomic E-state index is 0.0767. The predicted molar refractivity (Wildman–Crippen MR) is 77.8 cm³/mol. The lowest BCUT2D eigenvalue weighted by Gasteiger charge is -2.12. The molecular formula is C15H14N2O6. The predicted octanol–water partition coefficient (Wildman–Crippen LogP) is 1.31. The summed E-state index contributed by atoms with van der Waals surface area (Å²) in [7, 11) is 0. The highest BCUT2D eigenvalue weighted by Gasteiger charge is 2.28. The van der Waals surface area contributed by atoms with Crippen LogP contribution in [0, 0.1) is 6.92 Å². The van der Waals surface area contributed by atoms with Crippen molar-refractivity contribution >= 4 is 17.8 Å². The van der Waals surface area contributed by atoms with Gasteiger partial charge in [-0.1, -0.05) is 35.5 Å². The van der Waals surface area contributed by atoms with Crippen molar-refractivity contribution in [3.05, 3.63) is 41.7 Å². The zero-order chi connectivity index (χ0) is 17.0. The molecule has 3 N–H and O–H groups in total. The average molecular weight is 318 g/mol.